The Morgan fingerprint density at radius 2 is 1.94 bits per heavy atom. The van der Waals surface area contributed by atoms with E-state index in [0.29, 0.717) is 5.69 Å². The fraction of sp³-hybridized carbons (Fsp3) is 0.364. The van der Waals surface area contributed by atoms with Crippen LogP contribution in [0.5, 0.6) is 0 Å². The number of carboxylic acids is 1. The molecule has 2 aliphatic rings. The molecule has 1 aromatic heterocycles. The molecule has 1 saturated heterocycles. The maximum Gasteiger partial charge on any atom is 0.433 e. The van der Waals surface area contributed by atoms with Crippen LogP contribution in [0.2, 0.25) is 0 Å². The van der Waals surface area contributed by atoms with Gasteiger partial charge in [-0.25, -0.2) is 14.8 Å². The number of thiol groups is 1. The van der Waals surface area contributed by atoms with E-state index < -0.39 is 40.3 Å². The van der Waals surface area contributed by atoms with Crippen LogP contribution >= 0.6 is 10.9 Å². The Balaban J connectivity index is 1.60. The molecule has 0 radical (unpaired) electrons. The number of carboxylic acid groups (broad SMARTS) is 1. The first-order valence-corrected chi connectivity index (χ1v) is 12.3. The number of hydrogen-bond acceptors (Lipinski definition) is 6. The summed E-state index contributed by atoms with van der Waals surface area (Å²) in [6, 6.07) is 5.85. The van der Waals surface area contributed by atoms with E-state index in [9.17, 15) is 33.0 Å². The Morgan fingerprint density at radius 1 is 1.24 bits per heavy atom. The van der Waals surface area contributed by atoms with Crippen LogP contribution < -0.4 is 5.32 Å². The van der Waals surface area contributed by atoms with E-state index >= 15 is 0 Å². The highest BCUT2D eigenvalue weighted by Crippen LogP contribution is 2.50. The number of amides is 1. The number of benzene rings is 1. The van der Waals surface area contributed by atoms with Crippen LogP contribution in [0.4, 0.5) is 24.5 Å². The summed E-state index contributed by atoms with van der Waals surface area (Å²) in [5.41, 5.74) is -1.44. The number of pyridine rings is 1. The molecule has 2 aliphatic heterocycles. The zero-order valence-electron chi connectivity index (χ0n) is 18.1. The van der Waals surface area contributed by atoms with Crippen molar-refractivity contribution in [3.63, 3.8) is 0 Å². The quantitative estimate of drug-likeness (QED) is 0.480. The molecule has 12 heteroatoms. The minimum Gasteiger partial charge on any atom is -0.478 e. The summed E-state index contributed by atoms with van der Waals surface area (Å²) < 4.78 is 38.9. The molecule has 34 heavy (non-hydrogen) atoms. The number of alkyl halides is 3. The van der Waals surface area contributed by atoms with E-state index in [1.165, 1.54) is 12.1 Å². The predicted molar refractivity (Wildman–Crippen MR) is 122 cm³/mol. The summed E-state index contributed by atoms with van der Waals surface area (Å²) in [4.78, 5) is 35.4. The first-order valence-electron chi connectivity index (χ1n) is 10.5. The van der Waals surface area contributed by atoms with Gasteiger partial charge in [-0.2, -0.15) is 24.1 Å². The van der Waals surface area contributed by atoms with E-state index in [1.54, 1.807) is 0 Å². The minimum absolute atomic E-state index is 0.0275. The van der Waals surface area contributed by atoms with E-state index in [-0.39, 0.29) is 23.8 Å². The van der Waals surface area contributed by atoms with Gasteiger partial charge in [-0.1, -0.05) is 6.07 Å². The Bertz CT molecular complexity index is 1160. The molecular formula is C22H23F3N4O4S. The third kappa shape index (κ3) is 4.73. The number of anilines is 1. The van der Waals surface area contributed by atoms with Gasteiger partial charge in [-0.15, -0.1) is 0 Å². The first-order chi connectivity index (χ1) is 16.1. The van der Waals surface area contributed by atoms with Crippen LogP contribution in [0, 0.1) is 5.92 Å². The molecule has 182 valence electrons. The molecule has 0 bridgehead atoms. The monoisotopic (exact) mass is 496 g/mol. The summed E-state index contributed by atoms with van der Waals surface area (Å²) in [7, 11) is -0.929. The number of aliphatic hydroxyl groups is 1. The maximum atomic E-state index is 13.0. The van der Waals surface area contributed by atoms with Gasteiger partial charge in [0, 0.05) is 24.6 Å². The topological polar surface area (TPSA) is 115 Å². The lowest BCUT2D eigenvalue weighted by Crippen LogP contribution is -2.38. The highest BCUT2D eigenvalue weighted by atomic mass is 32.2. The molecule has 3 heterocycles. The van der Waals surface area contributed by atoms with E-state index in [2.05, 4.69) is 20.2 Å². The number of aliphatic hydroxyl groups excluding tert-OH is 1. The van der Waals surface area contributed by atoms with E-state index in [4.69, 9.17) is 0 Å². The number of likely N-dealkylation sites (tertiary alicyclic amines) is 1. The minimum atomic E-state index is -4.71. The van der Waals surface area contributed by atoms with Gasteiger partial charge < -0.3 is 20.4 Å². The largest absolute Gasteiger partial charge is 0.478 e. The van der Waals surface area contributed by atoms with Gasteiger partial charge >= 0.3 is 12.1 Å². The van der Waals surface area contributed by atoms with Crippen molar-refractivity contribution in [1.29, 1.82) is 0 Å². The number of aliphatic imine (C=N–C) groups is 1. The lowest BCUT2D eigenvalue weighted by atomic mass is 9.98. The number of rotatable bonds is 4. The number of carbonyl (C=O) groups is 2. The number of aromatic carboxylic acids is 1. The van der Waals surface area contributed by atoms with Gasteiger partial charge in [0.25, 0.3) is 5.91 Å². The van der Waals surface area contributed by atoms with Crippen molar-refractivity contribution in [3.05, 3.63) is 47.3 Å². The van der Waals surface area contributed by atoms with E-state index in [0.717, 1.165) is 54.2 Å². The third-order valence-corrected chi connectivity index (χ3v) is 7.97. The summed E-state index contributed by atoms with van der Waals surface area (Å²) in [6.07, 6.45) is -1.06. The number of carbonyl (C=O) groups excluding carboxylic acids is 1. The van der Waals surface area contributed by atoms with Crippen molar-refractivity contribution < 1.29 is 33.0 Å². The molecule has 1 aromatic carbocycles. The normalized spacial score (nSPS) is 19.5. The predicted octanol–water partition coefficient (Wildman–Crippen LogP) is 3.75. The van der Waals surface area contributed by atoms with Gasteiger partial charge in [0.05, 0.1) is 16.9 Å². The molecule has 1 unspecified atom stereocenters. The van der Waals surface area contributed by atoms with Gasteiger partial charge in [-0.3, -0.25) is 4.79 Å². The van der Waals surface area contributed by atoms with Gasteiger partial charge in [-0.05, 0) is 49.3 Å². The number of piperidine rings is 1. The highest BCUT2D eigenvalue weighted by molar-refractivity contribution is 8.29. The number of aromatic nitrogens is 1. The average molecular weight is 497 g/mol. The van der Waals surface area contributed by atoms with Gasteiger partial charge in [0.2, 0.25) is 0 Å². The standard InChI is InChI=1S/C22H23F3N4O4S/c1-34-17-10-15(27-19(31)14-3-2-4-18(26-14)22(23,24)25)13(20(32)33)9-16(17)28-21(34)29-7-5-12(11-30)6-8-29/h2-4,9-10,12,30,34H,5-8,11H2,1H3,(H,27,31)(H,32,33). The second-order valence-electron chi connectivity index (χ2n) is 8.14. The summed E-state index contributed by atoms with van der Waals surface area (Å²) in [5.74, 6) is -1.99. The van der Waals surface area contributed by atoms with Crippen molar-refractivity contribution in [1.82, 2.24) is 9.88 Å². The number of nitrogens with one attached hydrogen (secondary N) is 1. The van der Waals surface area contributed by atoms with E-state index in [1.807, 2.05) is 6.26 Å². The second kappa shape index (κ2) is 9.26. The second-order valence-corrected chi connectivity index (χ2v) is 10.1. The van der Waals surface area contributed by atoms with Crippen LogP contribution in [0.1, 0.15) is 39.4 Å². The number of nitrogens with zero attached hydrogens (tertiary/aromatic N) is 3. The molecule has 0 saturated carbocycles. The molecule has 4 rings (SSSR count). The molecular weight excluding hydrogens is 473 g/mol. The fourth-order valence-corrected chi connectivity index (χ4v) is 5.89. The Labute approximate surface area is 195 Å². The van der Waals surface area contributed by atoms with Gasteiger partial charge in [0.1, 0.15) is 16.6 Å². The van der Waals surface area contributed by atoms with Crippen molar-refractivity contribution in [3.8, 4) is 0 Å². The summed E-state index contributed by atoms with van der Waals surface area (Å²) >= 11 is 0. The van der Waals surface area contributed by atoms with Crippen LogP contribution in [0.15, 0.2) is 40.2 Å². The lowest BCUT2D eigenvalue weighted by molar-refractivity contribution is -0.141. The maximum absolute atomic E-state index is 13.0. The summed E-state index contributed by atoms with van der Waals surface area (Å²) in [5, 5.41) is 22.3. The fourth-order valence-electron chi connectivity index (χ4n) is 4.01. The SMILES string of the molecule is C[SH]1C(N2CCC(CO)CC2)=Nc2cc(C(=O)O)c(NC(=O)c3cccc(C(F)(F)F)n3)cc21. The Kier molecular flexibility index (Phi) is 6.54. The number of hydrogen-bond donors (Lipinski definition) is 4. The highest BCUT2D eigenvalue weighted by Gasteiger charge is 2.33. The number of halogens is 3. The number of amidine groups is 1. The molecule has 1 amide bonds. The van der Waals surface area contributed by atoms with Crippen molar-refractivity contribution in [2.24, 2.45) is 10.9 Å². The van der Waals surface area contributed by atoms with Crippen molar-refractivity contribution in [2.45, 2.75) is 23.9 Å². The molecule has 3 N–H and O–H groups in total. The first kappa shape index (κ1) is 24.0. The molecule has 0 spiro atoms. The zero-order valence-corrected chi connectivity index (χ0v) is 19.0. The number of fused-ring (bicyclic) bond motifs is 1. The molecule has 8 nitrogen and oxygen atoms in total. The van der Waals surface area contributed by atoms with Crippen molar-refractivity contribution >= 4 is 39.3 Å². The zero-order chi connectivity index (χ0) is 24.6. The third-order valence-electron chi connectivity index (χ3n) is 5.90. The molecule has 1 atom stereocenters. The molecule has 0 aliphatic carbocycles. The molecule has 2 aromatic rings. The van der Waals surface area contributed by atoms with Crippen LogP contribution in [0.25, 0.3) is 0 Å². The lowest BCUT2D eigenvalue weighted by Gasteiger charge is -2.34. The smallest absolute Gasteiger partial charge is 0.433 e. The Hall–Kier alpha value is -3.12. The van der Waals surface area contributed by atoms with Gasteiger partial charge in [0.15, 0.2) is 0 Å². The van der Waals surface area contributed by atoms with Crippen molar-refractivity contribution in [2.75, 3.05) is 31.3 Å². The van der Waals surface area contributed by atoms with Crippen LogP contribution in [-0.2, 0) is 6.18 Å². The van der Waals surface area contributed by atoms with Crippen LogP contribution in [0.3, 0.4) is 0 Å². The molecule has 1 fully saturated rings. The summed E-state index contributed by atoms with van der Waals surface area (Å²) in [6.45, 7) is 1.62. The Morgan fingerprint density at radius 3 is 2.56 bits per heavy atom. The van der Waals surface area contributed by atoms with Crippen LogP contribution in [-0.4, -0.2) is 63.1 Å². The average Bonchev–Trinajstić information content (AvgIpc) is 3.13.